The molecule has 0 radical (unpaired) electrons. The molecule has 1 aromatic rings. The van der Waals surface area contributed by atoms with Crippen LogP contribution in [-0.2, 0) is 0 Å². The van der Waals surface area contributed by atoms with Crippen LogP contribution in [0.15, 0.2) is 18.2 Å². The summed E-state index contributed by atoms with van der Waals surface area (Å²) in [4.78, 5) is 0. The summed E-state index contributed by atoms with van der Waals surface area (Å²) in [6.07, 6.45) is 4.00. The molecule has 1 aliphatic carbocycles. The van der Waals surface area contributed by atoms with Crippen LogP contribution in [0.25, 0.3) is 0 Å². The van der Waals surface area contributed by atoms with Crippen LogP contribution < -0.4 is 4.74 Å². The van der Waals surface area contributed by atoms with Crippen molar-refractivity contribution >= 4 is 0 Å². The number of methoxy groups -OCH3 is 1. The molecule has 1 heteroatoms. The summed E-state index contributed by atoms with van der Waals surface area (Å²) in [5.41, 5.74) is 3.32. The smallest absolute Gasteiger partial charge is 0.121 e. The van der Waals surface area contributed by atoms with E-state index in [-0.39, 0.29) is 0 Å². The molecule has 88 valence electrons. The fourth-order valence-corrected chi connectivity index (χ4v) is 2.89. The van der Waals surface area contributed by atoms with Crippen LogP contribution in [0.1, 0.15) is 50.2 Å². The fourth-order valence-electron chi connectivity index (χ4n) is 2.89. The van der Waals surface area contributed by atoms with Crippen LogP contribution in [0.2, 0.25) is 0 Å². The molecule has 1 unspecified atom stereocenters. The number of rotatable bonds is 4. The van der Waals surface area contributed by atoms with E-state index in [1.807, 2.05) is 0 Å². The highest BCUT2D eigenvalue weighted by molar-refractivity contribution is 5.40. The van der Waals surface area contributed by atoms with E-state index in [1.165, 1.54) is 30.4 Å². The summed E-state index contributed by atoms with van der Waals surface area (Å²) in [6.45, 7) is 6.82. The van der Waals surface area contributed by atoms with Gasteiger partial charge in [0.05, 0.1) is 7.11 Å². The van der Waals surface area contributed by atoms with Gasteiger partial charge in [-0.2, -0.15) is 0 Å². The summed E-state index contributed by atoms with van der Waals surface area (Å²) in [5.74, 6) is 1.78. The van der Waals surface area contributed by atoms with Crippen LogP contribution in [0, 0.1) is 12.3 Å². The Morgan fingerprint density at radius 2 is 2.19 bits per heavy atom. The van der Waals surface area contributed by atoms with Gasteiger partial charge in [-0.3, -0.25) is 0 Å². The zero-order valence-electron chi connectivity index (χ0n) is 10.8. The summed E-state index contributed by atoms with van der Waals surface area (Å²) in [5, 5.41) is 0. The third-order valence-electron chi connectivity index (χ3n) is 3.99. The molecule has 2 rings (SSSR count). The van der Waals surface area contributed by atoms with Gasteiger partial charge in [0.2, 0.25) is 0 Å². The predicted octanol–water partition coefficient (Wildman–Crippen LogP) is 4.30. The van der Waals surface area contributed by atoms with Crippen molar-refractivity contribution < 1.29 is 4.74 Å². The number of ether oxygens (including phenoxy) is 1. The Hall–Kier alpha value is -0.980. The fraction of sp³-hybridized carbons (Fsp3) is 0.600. The van der Waals surface area contributed by atoms with Gasteiger partial charge in [0.15, 0.2) is 0 Å². The second-order valence-electron chi connectivity index (χ2n) is 5.39. The molecule has 0 saturated heterocycles. The van der Waals surface area contributed by atoms with Crippen LogP contribution in [0.4, 0.5) is 0 Å². The molecule has 16 heavy (non-hydrogen) atoms. The molecule has 2 atom stereocenters. The molecule has 0 aliphatic heterocycles. The summed E-state index contributed by atoms with van der Waals surface area (Å²) in [7, 11) is 1.74. The third-order valence-corrected chi connectivity index (χ3v) is 3.99. The van der Waals surface area contributed by atoms with Gasteiger partial charge in [-0.15, -0.1) is 0 Å². The lowest BCUT2D eigenvalue weighted by Gasteiger charge is -2.11. The maximum atomic E-state index is 5.30. The number of hydrogen-bond donors (Lipinski definition) is 0. The van der Waals surface area contributed by atoms with Gasteiger partial charge in [-0.05, 0) is 48.3 Å². The second-order valence-corrected chi connectivity index (χ2v) is 5.39. The first-order chi connectivity index (χ1) is 7.60. The molecule has 0 spiro atoms. The Morgan fingerprint density at radius 1 is 1.44 bits per heavy atom. The van der Waals surface area contributed by atoms with Crippen molar-refractivity contribution in [2.45, 2.75) is 46.0 Å². The van der Waals surface area contributed by atoms with Gasteiger partial charge >= 0.3 is 0 Å². The number of hydrogen-bond acceptors (Lipinski definition) is 1. The van der Waals surface area contributed by atoms with Gasteiger partial charge in [0, 0.05) is 0 Å². The highest BCUT2D eigenvalue weighted by atomic mass is 16.5. The van der Waals surface area contributed by atoms with E-state index in [0.717, 1.165) is 11.7 Å². The molecule has 0 aromatic heterocycles. The van der Waals surface area contributed by atoms with Crippen molar-refractivity contribution in [3.8, 4) is 5.75 Å². The van der Waals surface area contributed by atoms with Crippen molar-refractivity contribution in [3.05, 3.63) is 29.3 Å². The third kappa shape index (κ3) is 1.95. The van der Waals surface area contributed by atoms with Gasteiger partial charge in [0.1, 0.15) is 5.75 Å². The minimum absolute atomic E-state index is 0.565. The van der Waals surface area contributed by atoms with Crippen LogP contribution in [0.3, 0.4) is 0 Å². The SMILES string of the molecule is CCCC1(C)C[C@@H]1c1ccc(OC)c(C)c1. The first-order valence-corrected chi connectivity index (χ1v) is 6.25. The molecule has 1 saturated carbocycles. The van der Waals surface area contributed by atoms with Crippen molar-refractivity contribution in [1.82, 2.24) is 0 Å². The van der Waals surface area contributed by atoms with Gasteiger partial charge in [-0.1, -0.05) is 32.4 Å². The van der Waals surface area contributed by atoms with Crippen molar-refractivity contribution in [3.63, 3.8) is 0 Å². The highest BCUT2D eigenvalue weighted by Crippen LogP contribution is 2.61. The Bertz CT molecular complexity index is 383. The maximum Gasteiger partial charge on any atom is 0.121 e. The van der Waals surface area contributed by atoms with E-state index < -0.39 is 0 Å². The van der Waals surface area contributed by atoms with Crippen LogP contribution >= 0.6 is 0 Å². The van der Waals surface area contributed by atoms with Gasteiger partial charge in [0.25, 0.3) is 0 Å². The van der Waals surface area contributed by atoms with E-state index in [4.69, 9.17) is 4.74 Å². The quantitative estimate of drug-likeness (QED) is 0.732. The molecule has 1 aromatic carbocycles. The minimum atomic E-state index is 0.565. The second kappa shape index (κ2) is 4.12. The van der Waals surface area contributed by atoms with E-state index in [0.29, 0.717) is 5.41 Å². The summed E-state index contributed by atoms with van der Waals surface area (Å²) >= 11 is 0. The number of benzene rings is 1. The lowest BCUT2D eigenvalue weighted by Crippen LogP contribution is -1.97. The highest BCUT2D eigenvalue weighted by Gasteiger charge is 2.49. The summed E-state index contributed by atoms with van der Waals surface area (Å²) in [6, 6.07) is 6.64. The van der Waals surface area contributed by atoms with Crippen molar-refractivity contribution in [2.75, 3.05) is 7.11 Å². The van der Waals surface area contributed by atoms with Crippen molar-refractivity contribution in [2.24, 2.45) is 5.41 Å². The minimum Gasteiger partial charge on any atom is -0.496 e. The average molecular weight is 218 g/mol. The van der Waals surface area contributed by atoms with E-state index in [1.54, 1.807) is 7.11 Å². The molecular weight excluding hydrogens is 196 g/mol. The molecule has 0 amide bonds. The molecule has 1 fully saturated rings. The molecular formula is C15H22O. The molecule has 1 nitrogen and oxygen atoms in total. The van der Waals surface area contributed by atoms with Crippen LogP contribution in [-0.4, -0.2) is 7.11 Å². The lowest BCUT2D eigenvalue weighted by atomic mass is 9.95. The topological polar surface area (TPSA) is 9.23 Å². The van der Waals surface area contributed by atoms with Gasteiger partial charge in [-0.25, -0.2) is 0 Å². The largest absolute Gasteiger partial charge is 0.496 e. The van der Waals surface area contributed by atoms with E-state index in [2.05, 4.69) is 39.0 Å². The first kappa shape index (κ1) is 11.5. The molecule has 0 N–H and O–H groups in total. The Kier molecular flexibility index (Phi) is 2.96. The number of aryl methyl sites for hydroxylation is 1. The first-order valence-electron chi connectivity index (χ1n) is 6.25. The molecule has 0 bridgehead atoms. The summed E-state index contributed by atoms with van der Waals surface area (Å²) < 4.78 is 5.30. The average Bonchev–Trinajstić information content (AvgIpc) is 2.91. The zero-order valence-corrected chi connectivity index (χ0v) is 10.8. The van der Waals surface area contributed by atoms with E-state index in [9.17, 15) is 0 Å². The van der Waals surface area contributed by atoms with Crippen LogP contribution in [0.5, 0.6) is 5.75 Å². The Balaban J connectivity index is 2.15. The maximum absolute atomic E-state index is 5.30. The molecule has 0 heterocycles. The molecule has 1 aliphatic rings. The lowest BCUT2D eigenvalue weighted by molar-refractivity contribution is 0.411. The van der Waals surface area contributed by atoms with E-state index >= 15 is 0 Å². The standard InChI is InChI=1S/C15H22O/c1-5-8-15(3)10-13(15)12-6-7-14(16-4)11(2)9-12/h6-7,9,13H,5,8,10H2,1-4H3/t13-,15?/m1/s1. The normalized spacial score (nSPS) is 27.9. The Morgan fingerprint density at radius 3 is 2.75 bits per heavy atom. The van der Waals surface area contributed by atoms with Crippen molar-refractivity contribution in [1.29, 1.82) is 0 Å². The predicted molar refractivity (Wildman–Crippen MR) is 68.1 cm³/mol. The monoisotopic (exact) mass is 218 g/mol. The van der Waals surface area contributed by atoms with Gasteiger partial charge < -0.3 is 4.74 Å². The zero-order chi connectivity index (χ0) is 11.8. The Labute approximate surface area is 98.8 Å².